The van der Waals surface area contributed by atoms with Crippen LogP contribution in [0.1, 0.15) is 38.2 Å². The van der Waals surface area contributed by atoms with Gasteiger partial charge in [0.2, 0.25) is 0 Å². The van der Waals surface area contributed by atoms with Gasteiger partial charge in [-0.25, -0.2) is 0 Å². The number of hydrogen-bond donors (Lipinski definition) is 0. The third-order valence-corrected chi connectivity index (χ3v) is 6.97. The molecule has 0 aliphatic rings. The number of alkyl halides is 3. The maximum atomic E-state index is 13.1. The van der Waals surface area contributed by atoms with E-state index in [-0.39, 0.29) is 5.78 Å². The van der Waals surface area contributed by atoms with Gasteiger partial charge in [-0.3, -0.25) is 4.79 Å². The second kappa shape index (κ2) is 11.7. The zero-order chi connectivity index (χ0) is 29.0. The van der Waals surface area contributed by atoms with E-state index in [1.165, 1.54) is 12.1 Å². The number of hydrogen-bond acceptors (Lipinski definition) is 2. The van der Waals surface area contributed by atoms with Crippen molar-refractivity contribution in [1.82, 2.24) is 0 Å². The molecule has 204 valence electrons. The first-order chi connectivity index (χ1) is 19.7. The summed E-state index contributed by atoms with van der Waals surface area (Å²) in [6.45, 7) is 6.11. The molecule has 0 N–H and O–H groups in total. The van der Waals surface area contributed by atoms with E-state index in [0.29, 0.717) is 23.5 Å². The van der Waals surface area contributed by atoms with Crippen LogP contribution in [-0.2, 0) is 12.8 Å². The second-order valence-corrected chi connectivity index (χ2v) is 9.77. The first-order valence-corrected chi connectivity index (χ1v) is 13.1. The summed E-state index contributed by atoms with van der Waals surface area (Å²) < 4.78 is 44.6. The Balaban J connectivity index is 1.24. The summed E-state index contributed by atoms with van der Waals surface area (Å²) in [5, 5.41) is 0. The molecule has 0 fully saturated rings. The molecule has 0 spiro atoms. The molecule has 0 atom stereocenters. The van der Waals surface area contributed by atoms with Gasteiger partial charge in [0.25, 0.3) is 0 Å². The van der Waals surface area contributed by atoms with Crippen LogP contribution in [-0.4, -0.2) is 5.78 Å². The predicted octanol–water partition coefficient (Wildman–Crippen LogP) is 9.80. The Labute approximate surface area is 237 Å². The van der Waals surface area contributed by atoms with Crippen LogP contribution in [0.5, 0.6) is 5.75 Å². The van der Waals surface area contributed by atoms with Crippen molar-refractivity contribution in [1.29, 1.82) is 0 Å². The lowest BCUT2D eigenvalue weighted by molar-refractivity contribution is -0.137. The van der Waals surface area contributed by atoms with Crippen LogP contribution in [0, 0.1) is 6.92 Å². The second-order valence-electron chi connectivity index (χ2n) is 9.77. The van der Waals surface area contributed by atoms with E-state index in [4.69, 9.17) is 4.74 Å². The van der Waals surface area contributed by atoms with Crippen molar-refractivity contribution >= 4 is 11.9 Å². The topological polar surface area (TPSA) is 26.3 Å². The number of carbonyl (C=O) groups excluding carboxylic acids is 1. The van der Waals surface area contributed by atoms with Gasteiger partial charge in [-0.15, -0.1) is 0 Å². The number of benzene rings is 5. The SMILES string of the molecule is C=Cc1ccc(COc2ccc(C(=O)c3ccc(-c4ccc(-c5ccc(C(F)(F)F)cc5)c(C)c4)cc3)cc2)cc1. The highest BCUT2D eigenvalue weighted by Crippen LogP contribution is 2.33. The Morgan fingerprint density at radius 2 is 1.29 bits per heavy atom. The molecule has 5 aromatic rings. The zero-order valence-corrected chi connectivity index (χ0v) is 22.4. The normalized spacial score (nSPS) is 11.2. The van der Waals surface area contributed by atoms with Crippen LogP contribution in [0.3, 0.4) is 0 Å². The van der Waals surface area contributed by atoms with Crippen LogP contribution in [0.2, 0.25) is 0 Å². The van der Waals surface area contributed by atoms with E-state index in [1.807, 2.05) is 61.5 Å². The molecule has 0 saturated carbocycles. The van der Waals surface area contributed by atoms with Crippen molar-refractivity contribution in [3.63, 3.8) is 0 Å². The van der Waals surface area contributed by atoms with Crippen molar-refractivity contribution in [3.05, 3.63) is 155 Å². The molecule has 0 aromatic heterocycles. The molecule has 5 heteroatoms. The summed E-state index contributed by atoms with van der Waals surface area (Å²) in [5.41, 5.74) is 6.99. The van der Waals surface area contributed by atoms with Gasteiger partial charge in [0, 0.05) is 11.1 Å². The minimum Gasteiger partial charge on any atom is -0.489 e. The summed E-state index contributed by atoms with van der Waals surface area (Å²) in [6.07, 6.45) is -2.57. The van der Waals surface area contributed by atoms with E-state index in [2.05, 4.69) is 6.58 Å². The van der Waals surface area contributed by atoms with E-state index in [1.54, 1.807) is 42.5 Å². The molecule has 0 amide bonds. The number of aryl methyl sites for hydroxylation is 1. The molecule has 0 aliphatic heterocycles. The van der Waals surface area contributed by atoms with Crippen LogP contribution in [0.15, 0.2) is 122 Å². The van der Waals surface area contributed by atoms with Gasteiger partial charge in [-0.1, -0.05) is 91.5 Å². The van der Waals surface area contributed by atoms with Crippen molar-refractivity contribution in [2.24, 2.45) is 0 Å². The minimum atomic E-state index is -4.36. The van der Waals surface area contributed by atoms with Crippen LogP contribution < -0.4 is 4.74 Å². The van der Waals surface area contributed by atoms with Gasteiger partial charge >= 0.3 is 6.18 Å². The Bertz CT molecular complexity index is 1660. The monoisotopic (exact) mass is 548 g/mol. The first-order valence-electron chi connectivity index (χ1n) is 13.1. The third kappa shape index (κ3) is 6.47. The maximum Gasteiger partial charge on any atom is 0.416 e. The van der Waals surface area contributed by atoms with Crippen LogP contribution in [0.4, 0.5) is 13.2 Å². The fourth-order valence-corrected chi connectivity index (χ4v) is 4.61. The highest BCUT2D eigenvalue weighted by Gasteiger charge is 2.30. The molecule has 0 heterocycles. The van der Waals surface area contributed by atoms with Crippen molar-refractivity contribution in [2.75, 3.05) is 0 Å². The summed E-state index contributed by atoms with van der Waals surface area (Å²) in [5.74, 6) is 0.594. The van der Waals surface area contributed by atoms with E-state index in [9.17, 15) is 18.0 Å². The highest BCUT2D eigenvalue weighted by atomic mass is 19.4. The van der Waals surface area contributed by atoms with Gasteiger partial charge in [-0.05, 0) is 82.3 Å². The number of halogens is 3. The first kappa shape index (κ1) is 27.7. The smallest absolute Gasteiger partial charge is 0.416 e. The molecule has 0 unspecified atom stereocenters. The quantitative estimate of drug-likeness (QED) is 0.180. The third-order valence-electron chi connectivity index (χ3n) is 6.97. The predicted molar refractivity (Wildman–Crippen MR) is 158 cm³/mol. The molecule has 2 nitrogen and oxygen atoms in total. The van der Waals surface area contributed by atoms with Gasteiger partial charge in [0.1, 0.15) is 12.4 Å². The Morgan fingerprint density at radius 3 is 1.85 bits per heavy atom. The van der Waals surface area contributed by atoms with Gasteiger partial charge < -0.3 is 4.74 Å². The number of carbonyl (C=O) groups is 1. The standard InChI is InChI=1S/C36H27F3O2/c1-3-25-4-6-26(7-5-25)23-41-33-19-14-30(15-20-33)35(40)29-10-8-27(9-11-29)31-16-21-34(24(2)22-31)28-12-17-32(18-13-28)36(37,38)39/h3-22H,1,23H2,2H3. The molecule has 41 heavy (non-hydrogen) atoms. The van der Waals surface area contributed by atoms with Crippen LogP contribution in [0.25, 0.3) is 28.3 Å². The average molecular weight is 549 g/mol. The molecular weight excluding hydrogens is 521 g/mol. The van der Waals surface area contributed by atoms with Gasteiger partial charge in [0.15, 0.2) is 5.78 Å². The fraction of sp³-hybridized carbons (Fsp3) is 0.0833. The molecule has 0 radical (unpaired) electrons. The number of rotatable bonds is 8. The lowest BCUT2D eigenvalue weighted by atomic mass is 9.94. The van der Waals surface area contributed by atoms with Crippen molar-refractivity contribution in [3.8, 4) is 28.0 Å². The summed E-state index contributed by atoms with van der Waals surface area (Å²) in [6, 6.07) is 33.5. The fourth-order valence-electron chi connectivity index (χ4n) is 4.61. The molecular formula is C36H27F3O2. The van der Waals surface area contributed by atoms with Gasteiger partial charge in [0.05, 0.1) is 5.56 Å². The Morgan fingerprint density at radius 1 is 0.732 bits per heavy atom. The largest absolute Gasteiger partial charge is 0.489 e. The van der Waals surface area contributed by atoms with Crippen molar-refractivity contribution < 1.29 is 22.7 Å². The lowest BCUT2D eigenvalue weighted by Crippen LogP contribution is -2.04. The van der Waals surface area contributed by atoms with E-state index < -0.39 is 11.7 Å². The van der Waals surface area contributed by atoms with E-state index >= 15 is 0 Å². The Hall–Kier alpha value is -4.90. The lowest BCUT2D eigenvalue weighted by Gasteiger charge is -2.12. The van der Waals surface area contributed by atoms with Crippen molar-refractivity contribution in [2.45, 2.75) is 19.7 Å². The highest BCUT2D eigenvalue weighted by molar-refractivity contribution is 6.09. The molecule has 0 bridgehead atoms. The molecule has 0 saturated heterocycles. The summed E-state index contributed by atoms with van der Waals surface area (Å²) in [4.78, 5) is 13.1. The molecule has 0 aliphatic carbocycles. The van der Waals surface area contributed by atoms with Crippen LogP contribution >= 0.6 is 0 Å². The summed E-state index contributed by atoms with van der Waals surface area (Å²) in [7, 11) is 0. The maximum absolute atomic E-state index is 13.1. The van der Waals surface area contributed by atoms with Gasteiger partial charge in [-0.2, -0.15) is 13.2 Å². The average Bonchev–Trinajstić information content (AvgIpc) is 3.00. The number of ether oxygens (including phenoxy) is 1. The zero-order valence-electron chi connectivity index (χ0n) is 22.4. The molecule has 5 aromatic carbocycles. The molecule has 5 rings (SSSR count). The number of ketones is 1. The Kier molecular flexibility index (Phi) is 7.88. The minimum absolute atomic E-state index is 0.0862. The van der Waals surface area contributed by atoms with E-state index in [0.717, 1.165) is 51.1 Å². The summed E-state index contributed by atoms with van der Waals surface area (Å²) >= 11 is 0.